The summed E-state index contributed by atoms with van der Waals surface area (Å²) in [5.41, 5.74) is 2.65. The second-order valence-corrected chi connectivity index (χ2v) is 11.5. The third-order valence-corrected chi connectivity index (χ3v) is 10.1. The highest BCUT2D eigenvalue weighted by atomic mass is 32.2. The third-order valence-electron chi connectivity index (χ3n) is 8.12. The number of esters is 1. The predicted molar refractivity (Wildman–Crippen MR) is 132 cm³/mol. The number of likely N-dealkylation sites (tertiary alicyclic amines) is 1. The van der Waals surface area contributed by atoms with Crippen LogP contribution in [0.5, 0.6) is 0 Å². The number of nitrogens with one attached hydrogen (secondary N) is 1. The summed E-state index contributed by atoms with van der Waals surface area (Å²) < 4.78 is 4.68. The van der Waals surface area contributed by atoms with Gasteiger partial charge in [-0.3, -0.25) is 14.4 Å². The van der Waals surface area contributed by atoms with Crippen LogP contribution in [-0.4, -0.2) is 63.1 Å². The van der Waals surface area contributed by atoms with Gasteiger partial charge in [-0.05, 0) is 50.7 Å². The van der Waals surface area contributed by atoms with Crippen LogP contribution < -0.4 is 5.32 Å². The van der Waals surface area contributed by atoms with E-state index in [0.29, 0.717) is 6.42 Å². The monoisotopic (exact) mass is 488 g/mol. The Hall–Kier alpha value is -2.06. The summed E-state index contributed by atoms with van der Waals surface area (Å²) in [7, 11) is 0. The lowest BCUT2D eigenvalue weighted by Crippen LogP contribution is -2.56. The van der Waals surface area contributed by atoms with Crippen molar-refractivity contribution in [2.24, 2.45) is 17.8 Å². The van der Waals surface area contributed by atoms with E-state index in [4.69, 9.17) is 4.74 Å². The molecule has 3 aliphatic heterocycles. The van der Waals surface area contributed by atoms with E-state index in [9.17, 15) is 19.5 Å². The Morgan fingerprint density at radius 3 is 2.56 bits per heavy atom. The van der Waals surface area contributed by atoms with Gasteiger partial charge in [0.25, 0.3) is 0 Å². The topological polar surface area (TPSA) is 95.9 Å². The number of anilines is 1. The number of amides is 2. The lowest BCUT2D eigenvalue weighted by molar-refractivity contribution is -0.154. The minimum absolute atomic E-state index is 0.00270. The van der Waals surface area contributed by atoms with Gasteiger partial charge in [0.2, 0.25) is 11.8 Å². The normalized spacial score (nSPS) is 31.4. The van der Waals surface area contributed by atoms with Gasteiger partial charge in [0.15, 0.2) is 0 Å². The highest BCUT2D eigenvalue weighted by molar-refractivity contribution is 8.02. The molecule has 34 heavy (non-hydrogen) atoms. The van der Waals surface area contributed by atoms with Gasteiger partial charge in [-0.25, -0.2) is 0 Å². The SMILES string of the molecule is CCOC(=O)[C@@H]1[C@@H]2CCC3(S2)C(C(=O)Nc2c(C)cccc2C)N([C@@H](CO)[C@@H](C)CC)C(=O)[C@H]13. The molecule has 3 heterocycles. The molecule has 0 aromatic heterocycles. The minimum atomic E-state index is -0.760. The highest BCUT2D eigenvalue weighted by Gasteiger charge is 2.74. The van der Waals surface area contributed by atoms with Gasteiger partial charge < -0.3 is 20.1 Å². The number of nitrogens with zero attached hydrogens (tertiary/aromatic N) is 1. The second-order valence-electron chi connectivity index (χ2n) is 9.94. The number of benzene rings is 1. The second kappa shape index (κ2) is 9.53. The summed E-state index contributed by atoms with van der Waals surface area (Å²) in [5.74, 6) is -1.95. The molecule has 2 bridgehead atoms. The van der Waals surface area contributed by atoms with Crippen LogP contribution in [-0.2, 0) is 19.1 Å². The van der Waals surface area contributed by atoms with E-state index in [2.05, 4.69) is 5.32 Å². The predicted octanol–water partition coefficient (Wildman–Crippen LogP) is 3.30. The maximum absolute atomic E-state index is 14.0. The molecule has 7 atom stereocenters. The van der Waals surface area contributed by atoms with Crippen molar-refractivity contribution in [3.8, 4) is 0 Å². The summed E-state index contributed by atoms with van der Waals surface area (Å²) in [4.78, 5) is 42.6. The van der Waals surface area contributed by atoms with E-state index in [1.54, 1.807) is 23.6 Å². The largest absolute Gasteiger partial charge is 0.466 e. The van der Waals surface area contributed by atoms with Crippen molar-refractivity contribution in [1.29, 1.82) is 0 Å². The summed E-state index contributed by atoms with van der Waals surface area (Å²) in [6.45, 7) is 9.70. The van der Waals surface area contributed by atoms with Crippen LogP contribution in [0.15, 0.2) is 18.2 Å². The molecule has 2 N–H and O–H groups in total. The van der Waals surface area contributed by atoms with Gasteiger partial charge in [0, 0.05) is 10.9 Å². The summed E-state index contributed by atoms with van der Waals surface area (Å²) >= 11 is 1.62. The van der Waals surface area contributed by atoms with E-state index in [1.165, 1.54) is 0 Å². The quantitative estimate of drug-likeness (QED) is 0.545. The Kier molecular flexibility index (Phi) is 7.02. The molecule has 0 saturated carbocycles. The smallest absolute Gasteiger partial charge is 0.310 e. The molecule has 186 valence electrons. The van der Waals surface area contributed by atoms with Gasteiger partial charge in [-0.1, -0.05) is 38.5 Å². The first kappa shape index (κ1) is 25.0. The molecule has 1 aromatic carbocycles. The molecule has 2 amide bonds. The lowest BCUT2D eigenvalue weighted by Gasteiger charge is -2.39. The van der Waals surface area contributed by atoms with Crippen LogP contribution >= 0.6 is 11.8 Å². The van der Waals surface area contributed by atoms with E-state index < -0.39 is 28.7 Å². The van der Waals surface area contributed by atoms with Gasteiger partial charge in [-0.2, -0.15) is 0 Å². The number of rotatable bonds is 8. The third kappa shape index (κ3) is 3.73. The van der Waals surface area contributed by atoms with Crippen molar-refractivity contribution >= 4 is 35.2 Å². The average Bonchev–Trinajstić information content (AvgIpc) is 3.44. The molecule has 3 fully saturated rings. The van der Waals surface area contributed by atoms with Gasteiger partial charge in [0.05, 0.1) is 35.8 Å². The Morgan fingerprint density at radius 1 is 1.29 bits per heavy atom. The zero-order valence-corrected chi connectivity index (χ0v) is 21.5. The number of fused-ring (bicyclic) bond motifs is 1. The number of thioether (sulfide) groups is 1. The summed E-state index contributed by atoms with van der Waals surface area (Å²) in [6, 6.07) is 4.59. The zero-order valence-electron chi connectivity index (χ0n) is 20.7. The molecule has 4 rings (SSSR count). The standard InChI is InChI=1S/C26H36N2O5S/c1-6-14(3)17(13-29)28-22(23(30)27-21-15(4)9-8-10-16(21)5)26-12-11-18(34-26)19(20(26)24(28)31)25(32)33-7-2/h8-10,14,17-20,22,29H,6-7,11-13H2,1-5H3,(H,27,30)/t14-,17-,18-,19+,20-,22?,26?/m0/s1. The van der Waals surface area contributed by atoms with E-state index in [1.807, 2.05) is 45.9 Å². The summed E-state index contributed by atoms with van der Waals surface area (Å²) in [5, 5.41) is 13.4. The fraction of sp³-hybridized carbons (Fsp3) is 0.654. The number of ether oxygens (including phenoxy) is 1. The maximum atomic E-state index is 14.0. The molecule has 0 aliphatic carbocycles. The zero-order chi connectivity index (χ0) is 24.8. The number of hydrogen-bond acceptors (Lipinski definition) is 6. The molecular weight excluding hydrogens is 452 g/mol. The molecule has 7 nitrogen and oxygen atoms in total. The molecule has 8 heteroatoms. The lowest BCUT2D eigenvalue weighted by atomic mass is 9.71. The Labute approximate surface area is 206 Å². The summed E-state index contributed by atoms with van der Waals surface area (Å²) in [6.07, 6.45) is 2.22. The van der Waals surface area contributed by atoms with Crippen LogP contribution in [0.25, 0.3) is 0 Å². The van der Waals surface area contributed by atoms with Gasteiger partial charge in [0.1, 0.15) is 6.04 Å². The van der Waals surface area contributed by atoms with Crippen molar-refractivity contribution in [3.05, 3.63) is 29.3 Å². The van der Waals surface area contributed by atoms with Crippen LogP contribution in [0.1, 0.15) is 51.2 Å². The Balaban J connectivity index is 1.78. The van der Waals surface area contributed by atoms with Gasteiger partial charge >= 0.3 is 5.97 Å². The van der Waals surface area contributed by atoms with Crippen molar-refractivity contribution in [1.82, 2.24) is 4.90 Å². The highest BCUT2D eigenvalue weighted by Crippen LogP contribution is 2.67. The molecular formula is C26H36N2O5S. The first-order valence-corrected chi connectivity index (χ1v) is 13.2. The van der Waals surface area contributed by atoms with Crippen LogP contribution in [0.4, 0.5) is 5.69 Å². The Bertz CT molecular complexity index is 964. The number of aliphatic hydroxyl groups is 1. The van der Waals surface area contributed by atoms with Crippen LogP contribution in [0, 0.1) is 31.6 Å². The molecule has 0 radical (unpaired) electrons. The van der Waals surface area contributed by atoms with E-state index in [-0.39, 0.29) is 42.2 Å². The fourth-order valence-electron chi connectivity index (χ4n) is 6.27. The number of carbonyl (C=O) groups is 3. The van der Waals surface area contributed by atoms with E-state index >= 15 is 0 Å². The minimum Gasteiger partial charge on any atom is -0.466 e. The number of aryl methyl sites for hydroxylation is 2. The number of aliphatic hydroxyl groups excluding tert-OH is 1. The Morgan fingerprint density at radius 2 is 1.97 bits per heavy atom. The first-order valence-electron chi connectivity index (χ1n) is 12.4. The fourth-order valence-corrected chi connectivity index (χ4v) is 8.47. The van der Waals surface area contributed by atoms with Gasteiger partial charge in [-0.15, -0.1) is 11.8 Å². The number of para-hydroxylation sites is 1. The maximum Gasteiger partial charge on any atom is 0.310 e. The average molecular weight is 489 g/mol. The molecule has 3 saturated heterocycles. The number of carbonyl (C=O) groups excluding carboxylic acids is 3. The number of hydrogen-bond donors (Lipinski definition) is 2. The van der Waals surface area contributed by atoms with Crippen molar-refractivity contribution in [3.63, 3.8) is 0 Å². The van der Waals surface area contributed by atoms with Crippen molar-refractivity contribution in [2.75, 3.05) is 18.5 Å². The van der Waals surface area contributed by atoms with Crippen molar-refractivity contribution in [2.45, 2.75) is 76.0 Å². The molecule has 1 aromatic rings. The molecule has 1 spiro atoms. The molecule has 3 aliphatic rings. The van der Waals surface area contributed by atoms with Crippen molar-refractivity contribution < 1.29 is 24.2 Å². The van der Waals surface area contributed by atoms with Crippen LogP contribution in [0.3, 0.4) is 0 Å². The van der Waals surface area contributed by atoms with E-state index in [0.717, 1.165) is 29.7 Å². The van der Waals surface area contributed by atoms with Crippen LogP contribution in [0.2, 0.25) is 0 Å². The molecule has 2 unspecified atom stereocenters. The first-order chi connectivity index (χ1) is 16.2.